The van der Waals surface area contributed by atoms with Gasteiger partial charge in [0.25, 0.3) is 0 Å². The van der Waals surface area contributed by atoms with E-state index in [1.807, 2.05) is 0 Å². The predicted molar refractivity (Wildman–Crippen MR) is 99.8 cm³/mol. The lowest BCUT2D eigenvalue weighted by Crippen LogP contribution is -2.48. The Hall–Kier alpha value is -0.393. The van der Waals surface area contributed by atoms with Crippen LogP contribution in [0.3, 0.4) is 0 Å². The molecule has 128 valence electrons. The molecule has 0 aromatic heterocycles. The van der Waals surface area contributed by atoms with E-state index >= 15 is 0 Å². The predicted octanol–water partition coefficient (Wildman–Crippen LogP) is 2.66. The Morgan fingerprint density at radius 3 is 2.09 bits per heavy atom. The summed E-state index contributed by atoms with van der Waals surface area (Å²) in [6.45, 7) is 4.39. The SMILES string of the molecule is CCCC[Si](C)(CCCC(N)(CO)CO)c1ccccc1.Cl. The van der Waals surface area contributed by atoms with Crippen LogP contribution >= 0.6 is 12.4 Å². The molecule has 22 heavy (non-hydrogen) atoms. The number of halogens is 1. The van der Waals surface area contributed by atoms with Crippen LogP contribution in [0.5, 0.6) is 0 Å². The summed E-state index contributed by atoms with van der Waals surface area (Å²) in [6, 6.07) is 13.3. The van der Waals surface area contributed by atoms with Crippen LogP contribution in [0, 0.1) is 0 Å². The molecule has 1 atom stereocenters. The van der Waals surface area contributed by atoms with Crippen LogP contribution in [-0.4, -0.2) is 37.0 Å². The van der Waals surface area contributed by atoms with Crippen LogP contribution < -0.4 is 10.9 Å². The number of aliphatic hydroxyl groups is 2. The second kappa shape index (κ2) is 10.4. The number of hydrogen-bond donors (Lipinski definition) is 3. The average molecular weight is 346 g/mol. The molecule has 0 bridgehead atoms. The van der Waals surface area contributed by atoms with Crippen molar-refractivity contribution in [3.63, 3.8) is 0 Å². The fourth-order valence-electron chi connectivity index (χ4n) is 2.86. The Kier molecular flexibility index (Phi) is 10.2. The van der Waals surface area contributed by atoms with Gasteiger partial charge in [0.05, 0.1) is 26.8 Å². The van der Waals surface area contributed by atoms with Gasteiger partial charge in [-0.3, -0.25) is 0 Å². The standard InChI is InChI=1S/C17H31NO2Si.ClH/c1-3-4-12-21(2,16-9-6-5-7-10-16)13-8-11-17(18,14-19)15-20;/h5-7,9-10,19-20H,3-4,8,11-15,18H2,1-2H3;1H. The first-order chi connectivity index (χ1) is 9.99. The van der Waals surface area contributed by atoms with Crippen molar-refractivity contribution in [3.05, 3.63) is 30.3 Å². The maximum atomic E-state index is 9.30. The van der Waals surface area contributed by atoms with E-state index in [1.54, 1.807) is 0 Å². The monoisotopic (exact) mass is 345 g/mol. The van der Waals surface area contributed by atoms with E-state index in [-0.39, 0.29) is 25.6 Å². The molecule has 0 saturated heterocycles. The van der Waals surface area contributed by atoms with Crippen molar-refractivity contribution in [2.75, 3.05) is 13.2 Å². The van der Waals surface area contributed by atoms with Gasteiger partial charge in [0.1, 0.15) is 0 Å². The summed E-state index contributed by atoms with van der Waals surface area (Å²) in [5, 5.41) is 20.1. The lowest BCUT2D eigenvalue weighted by molar-refractivity contribution is 0.114. The molecule has 0 aliphatic heterocycles. The van der Waals surface area contributed by atoms with Gasteiger partial charge in [0.15, 0.2) is 0 Å². The van der Waals surface area contributed by atoms with Crippen molar-refractivity contribution in [1.29, 1.82) is 0 Å². The molecule has 1 aromatic carbocycles. The van der Waals surface area contributed by atoms with Gasteiger partial charge in [-0.15, -0.1) is 12.4 Å². The Labute approximate surface area is 142 Å². The third kappa shape index (κ3) is 6.38. The zero-order chi connectivity index (χ0) is 15.8. The second-order valence-corrected chi connectivity index (χ2v) is 11.3. The lowest BCUT2D eigenvalue weighted by Gasteiger charge is -2.31. The largest absolute Gasteiger partial charge is 0.394 e. The van der Waals surface area contributed by atoms with E-state index in [0.717, 1.165) is 12.5 Å². The third-order valence-corrected chi connectivity index (χ3v) is 9.23. The minimum absolute atomic E-state index is 0. The first kappa shape index (κ1) is 21.6. The number of hydrogen-bond acceptors (Lipinski definition) is 3. The van der Waals surface area contributed by atoms with Gasteiger partial charge in [-0.05, 0) is 6.42 Å². The number of rotatable bonds is 10. The normalized spacial score (nSPS) is 14.2. The first-order valence-corrected chi connectivity index (χ1v) is 11.0. The summed E-state index contributed by atoms with van der Waals surface area (Å²) in [6.07, 6.45) is 4.15. The molecule has 1 aromatic rings. The van der Waals surface area contributed by atoms with E-state index in [0.29, 0.717) is 6.42 Å². The molecule has 1 rings (SSSR count). The Morgan fingerprint density at radius 1 is 1.05 bits per heavy atom. The maximum absolute atomic E-state index is 9.30. The molecule has 0 saturated carbocycles. The molecule has 4 N–H and O–H groups in total. The van der Waals surface area contributed by atoms with Crippen molar-refractivity contribution < 1.29 is 10.2 Å². The van der Waals surface area contributed by atoms with E-state index < -0.39 is 13.6 Å². The molecule has 1 unspecified atom stereocenters. The van der Waals surface area contributed by atoms with Gasteiger partial charge in [-0.2, -0.15) is 0 Å². The average Bonchev–Trinajstić information content (AvgIpc) is 2.53. The topological polar surface area (TPSA) is 66.5 Å². The van der Waals surface area contributed by atoms with Crippen LogP contribution in [0.25, 0.3) is 0 Å². The van der Waals surface area contributed by atoms with Gasteiger partial charge >= 0.3 is 0 Å². The van der Waals surface area contributed by atoms with Gasteiger partial charge < -0.3 is 15.9 Å². The summed E-state index contributed by atoms with van der Waals surface area (Å²) in [5.41, 5.74) is 5.16. The second-order valence-electron chi connectivity index (χ2n) is 6.56. The van der Waals surface area contributed by atoms with E-state index in [2.05, 4.69) is 43.8 Å². The zero-order valence-electron chi connectivity index (χ0n) is 13.9. The molecule has 0 heterocycles. The summed E-state index contributed by atoms with van der Waals surface area (Å²) in [5.74, 6) is 0. The van der Waals surface area contributed by atoms with Crippen molar-refractivity contribution in [2.24, 2.45) is 5.73 Å². The number of aliphatic hydroxyl groups excluding tert-OH is 2. The third-order valence-electron chi connectivity index (χ3n) is 4.59. The molecular weight excluding hydrogens is 314 g/mol. The number of benzene rings is 1. The minimum Gasteiger partial charge on any atom is -0.394 e. The van der Waals surface area contributed by atoms with Crippen LogP contribution in [0.4, 0.5) is 0 Å². The summed E-state index contributed by atoms with van der Waals surface area (Å²) >= 11 is 0. The quantitative estimate of drug-likeness (QED) is 0.571. The summed E-state index contributed by atoms with van der Waals surface area (Å²) in [7, 11) is -1.49. The van der Waals surface area contributed by atoms with Gasteiger partial charge in [0, 0.05) is 0 Å². The zero-order valence-corrected chi connectivity index (χ0v) is 15.7. The van der Waals surface area contributed by atoms with Crippen molar-refractivity contribution in [3.8, 4) is 0 Å². The van der Waals surface area contributed by atoms with Crippen LogP contribution in [-0.2, 0) is 0 Å². The van der Waals surface area contributed by atoms with Crippen LogP contribution in [0.2, 0.25) is 18.6 Å². The highest BCUT2D eigenvalue weighted by Gasteiger charge is 2.30. The molecule has 3 nitrogen and oxygen atoms in total. The molecule has 0 spiro atoms. The van der Waals surface area contributed by atoms with E-state index in [1.165, 1.54) is 24.1 Å². The molecule has 0 aliphatic carbocycles. The molecule has 0 aliphatic rings. The Bertz CT molecular complexity index is 401. The molecule has 0 fully saturated rings. The maximum Gasteiger partial charge on any atom is 0.0836 e. The van der Waals surface area contributed by atoms with Gasteiger partial charge in [-0.1, -0.05) is 80.3 Å². The number of unbranched alkanes of at least 4 members (excludes halogenated alkanes) is 1. The summed E-state index contributed by atoms with van der Waals surface area (Å²) < 4.78 is 0. The van der Waals surface area contributed by atoms with Gasteiger partial charge in [-0.25, -0.2) is 0 Å². The summed E-state index contributed by atoms with van der Waals surface area (Å²) in [4.78, 5) is 0. The highest BCUT2D eigenvalue weighted by atomic mass is 35.5. The fraction of sp³-hybridized carbons (Fsp3) is 0.647. The Morgan fingerprint density at radius 2 is 1.59 bits per heavy atom. The van der Waals surface area contributed by atoms with Crippen molar-refractivity contribution in [1.82, 2.24) is 0 Å². The van der Waals surface area contributed by atoms with Crippen LogP contribution in [0.1, 0.15) is 32.6 Å². The van der Waals surface area contributed by atoms with Crippen LogP contribution in [0.15, 0.2) is 30.3 Å². The first-order valence-electron chi connectivity index (χ1n) is 8.06. The van der Waals surface area contributed by atoms with Crippen molar-refractivity contribution in [2.45, 2.75) is 56.8 Å². The minimum atomic E-state index is -1.49. The van der Waals surface area contributed by atoms with Gasteiger partial charge in [0.2, 0.25) is 0 Å². The highest BCUT2D eigenvalue weighted by molar-refractivity contribution is 6.90. The smallest absolute Gasteiger partial charge is 0.0836 e. The fourth-order valence-corrected chi connectivity index (χ4v) is 6.78. The molecule has 0 amide bonds. The van der Waals surface area contributed by atoms with E-state index in [4.69, 9.17) is 5.73 Å². The lowest BCUT2D eigenvalue weighted by atomic mass is 9.97. The van der Waals surface area contributed by atoms with E-state index in [9.17, 15) is 10.2 Å². The molecule has 0 radical (unpaired) electrons. The van der Waals surface area contributed by atoms with Crippen molar-refractivity contribution >= 4 is 25.7 Å². The Balaban J connectivity index is 0.00000441. The molecule has 5 heteroatoms. The highest BCUT2D eigenvalue weighted by Crippen LogP contribution is 2.23. The molecular formula is C17H32ClNO2Si. The number of nitrogens with two attached hydrogens (primary N) is 1.